The first-order valence-corrected chi connectivity index (χ1v) is 7.80. The van der Waals surface area contributed by atoms with E-state index in [0.29, 0.717) is 6.54 Å². The van der Waals surface area contributed by atoms with Crippen LogP contribution in [0.5, 0.6) is 5.75 Å². The maximum absolute atomic E-state index is 9.88. The second-order valence-corrected chi connectivity index (χ2v) is 5.47. The molecular formula is C19H21NO2. The van der Waals surface area contributed by atoms with Crippen LogP contribution in [0, 0.1) is 0 Å². The third-order valence-corrected chi connectivity index (χ3v) is 3.90. The number of furan rings is 1. The summed E-state index contributed by atoms with van der Waals surface area (Å²) in [4.78, 5) is 0. The number of hydrogen-bond acceptors (Lipinski definition) is 3. The van der Waals surface area contributed by atoms with E-state index in [1.165, 1.54) is 5.56 Å². The second kappa shape index (κ2) is 6.56. The number of hydrogen-bond donors (Lipinski definition) is 2. The van der Waals surface area contributed by atoms with Gasteiger partial charge in [-0.2, -0.15) is 0 Å². The van der Waals surface area contributed by atoms with E-state index in [1.54, 1.807) is 6.07 Å². The van der Waals surface area contributed by atoms with Crippen molar-refractivity contribution in [2.24, 2.45) is 0 Å². The number of unbranched alkanes of at least 4 members (excludes halogenated alkanes) is 1. The Morgan fingerprint density at radius 1 is 1.05 bits per heavy atom. The summed E-state index contributed by atoms with van der Waals surface area (Å²) >= 11 is 0. The standard InChI is InChI=1S/C19H21NO2/c1-2-3-11-19-15(14-8-4-7-12-18(14)22-19)13-20-16-9-5-6-10-17(16)21/h4-10,12,20-21H,2-3,11,13H2,1H3. The van der Waals surface area contributed by atoms with Crippen LogP contribution in [-0.2, 0) is 13.0 Å². The first kappa shape index (κ1) is 14.5. The highest BCUT2D eigenvalue weighted by atomic mass is 16.3. The lowest BCUT2D eigenvalue weighted by Crippen LogP contribution is -2.01. The van der Waals surface area contributed by atoms with Gasteiger partial charge in [0.2, 0.25) is 0 Å². The van der Waals surface area contributed by atoms with E-state index in [1.807, 2.05) is 36.4 Å². The van der Waals surface area contributed by atoms with Gasteiger partial charge in [-0.1, -0.05) is 43.7 Å². The summed E-state index contributed by atoms with van der Waals surface area (Å²) in [5.41, 5.74) is 2.87. The summed E-state index contributed by atoms with van der Waals surface area (Å²) in [6, 6.07) is 15.4. The lowest BCUT2D eigenvalue weighted by atomic mass is 10.1. The third-order valence-electron chi connectivity index (χ3n) is 3.90. The van der Waals surface area contributed by atoms with Crippen LogP contribution in [0.2, 0.25) is 0 Å². The van der Waals surface area contributed by atoms with Crippen LogP contribution in [-0.4, -0.2) is 5.11 Å². The predicted octanol–water partition coefficient (Wildman–Crippen LogP) is 5.09. The normalized spacial score (nSPS) is 11.0. The number of aryl methyl sites for hydroxylation is 1. The number of nitrogens with one attached hydrogen (secondary N) is 1. The van der Waals surface area contributed by atoms with E-state index in [-0.39, 0.29) is 5.75 Å². The highest BCUT2D eigenvalue weighted by Gasteiger charge is 2.13. The molecule has 0 bridgehead atoms. The van der Waals surface area contributed by atoms with Crippen molar-refractivity contribution in [1.29, 1.82) is 0 Å². The lowest BCUT2D eigenvalue weighted by Gasteiger charge is -2.09. The van der Waals surface area contributed by atoms with Crippen molar-refractivity contribution in [1.82, 2.24) is 0 Å². The smallest absolute Gasteiger partial charge is 0.138 e. The van der Waals surface area contributed by atoms with Gasteiger partial charge in [0.05, 0.1) is 5.69 Å². The molecule has 0 aliphatic heterocycles. The first-order valence-electron chi connectivity index (χ1n) is 7.80. The molecule has 0 unspecified atom stereocenters. The molecule has 0 fully saturated rings. The van der Waals surface area contributed by atoms with Crippen LogP contribution in [0.4, 0.5) is 5.69 Å². The fourth-order valence-corrected chi connectivity index (χ4v) is 2.69. The quantitative estimate of drug-likeness (QED) is 0.622. The zero-order chi connectivity index (χ0) is 15.4. The maximum Gasteiger partial charge on any atom is 0.138 e. The summed E-state index contributed by atoms with van der Waals surface area (Å²) < 4.78 is 6.02. The van der Waals surface area contributed by atoms with Gasteiger partial charge < -0.3 is 14.8 Å². The number of phenolic OH excluding ortho intramolecular Hbond substituents is 1. The van der Waals surface area contributed by atoms with Gasteiger partial charge in [-0.05, 0) is 24.6 Å². The van der Waals surface area contributed by atoms with Gasteiger partial charge in [0, 0.05) is 23.9 Å². The minimum Gasteiger partial charge on any atom is -0.506 e. The van der Waals surface area contributed by atoms with Crippen molar-refractivity contribution in [3.05, 3.63) is 59.9 Å². The minimum absolute atomic E-state index is 0.269. The van der Waals surface area contributed by atoms with Crippen molar-refractivity contribution < 1.29 is 9.52 Å². The SMILES string of the molecule is CCCCc1oc2ccccc2c1CNc1ccccc1O. The number of aromatic hydroxyl groups is 1. The number of fused-ring (bicyclic) bond motifs is 1. The van der Waals surface area contributed by atoms with E-state index in [0.717, 1.165) is 41.7 Å². The minimum atomic E-state index is 0.269. The summed E-state index contributed by atoms with van der Waals surface area (Å²) in [6.45, 7) is 2.83. The van der Waals surface area contributed by atoms with Gasteiger partial charge in [0.15, 0.2) is 0 Å². The Labute approximate surface area is 130 Å². The molecule has 0 atom stereocenters. The Kier molecular flexibility index (Phi) is 4.33. The molecule has 3 aromatic rings. The van der Waals surface area contributed by atoms with Gasteiger partial charge in [-0.25, -0.2) is 0 Å². The average Bonchev–Trinajstić information content (AvgIpc) is 2.90. The summed E-state index contributed by atoms with van der Waals surface area (Å²) in [6.07, 6.45) is 3.20. The van der Waals surface area contributed by atoms with Crippen molar-refractivity contribution in [3.8, 4) is 5.75 Å². The Morgan fingerprint density at radius 3 is 2.64 bits per heavy atom. The van der Waals surface area contributed by atoms with E-state index in [2.05, 4.69) is 18.3 Å². The molecule has 3 nitrogen and oxygen atoms in total. The van der Waals surface area contributed by atoms with Crippen LogP contribution in [0.25, 0.3) is 11.0 Å². The van der Waals surface area contributed by atoms with Crippen molar-refractivity contribution >= 4 is 16.7 Å². The molecule has 1 heterocycles. The molecule has 0 radical (unpaired) electrons. The van der Waals surface area contributed by atoms with Crippen molar-refractivity contribution in [3.63, 3.8) is 0 Å². The molecule has 3 heteroatoms. The maximum atomic E-state index is 9.88. The number of phenols is 1. The van der Waals surface area contributed by atoms with Crippen LogP contribution in [0.15, 0.2) is 52.9 Å². The zero-order valence-electron chi connectivity index (χ0n) is 12.8. The molecule has 2 N–H and O–H groups in total. The third kappa shape index (κ3) is 2.93. The van der Waals surface area contributed by atoms with Gasteiger partial charge in [0.1, 0.15) is 17.1 Å². The van der Waals surface area contributed by atoms with Crippen molar-refractivity contribution in [2.75, 3.05) is 5.32 Å². The lowest BCUT2D eigenvalue weighted by molar-refractivity contribution is 0.477. The fraction of sp³-hybridized carbons (Fsp3) is 0.263. The van der Waals surface area contributed by atoms with E-state index >= 15 is 0 Å². The van der Waals surface area contributed by atoms with Crippen LogP contribution in [0.1, 0.15) is 31.1 Å². The molecule has 0 saturated heterocycles. The Morgan fingerprint density at radius 2 is 1.82 bits per heavy atom. The van der Waals surface area contributed by atoms with Crippen LogP contribution >= 0.6 is 0 Å². The van der Waals surface area contributed by atoms with Gasteiger partial charge in [-0.15, -0.1) is 0 Å². The number of anilines is 1. The van der Waals surface area contributed by atoms with Gasteiger partial charge >= 0.3 is 0 Å². The number of para-hydroxylation sites is 3. The fourth-order valence-electron chi connectivity index (χ4n) is 2.69. The number of rotatable bonds is 6. The van der Waals surface area contributed by atoms with Gasteiger partial charge in [-0.3, -0.25) is 0 Å². The molecule has 114 valence electrons. The summed E-state index contributed by atoms with van der Waals surface area (Å²) in [5, 5.41) is 14.3. The Hall–Kier alpha value is -2.42. The molecular weight excluding hydrogens is 274 g/mol. The molecule has 0 aliphatic carbocycles. The molecule has 2 aromatic carbocycles. The summed E-state index contributed by atoms with van der Waals surface area (Å²) in [7, 11) is 0. The predicted molar refractivity (Wildman–Crippen MR) is 90.3 cm³/mol. The molecule has 22 heavy (non-hydrogen) atoms. The summed E-state index contributed by atoms with van der Waals surface area (Å²) in [5.74, 6) is 1.32. The second-order valence-electron chi connectivity index (χ2n) is 5.47. The highest BCUT2D eigenvalue weighted by molar-refractivity contribution is 5.82. The highest BCUT2D eigenvalue weighted by Crippen LogP contribution is 2.29. The Bertz CT molecular complexity index is 761. The molecule has 0 aliphatic rings. The number of benzene rings is 2. The molecule has 1 aromatic heterocycles. The Balaban J connectivity index is 1.89. The van der Waals surface area contributed by atoms with E-state index in [4.69, 9.17) is 4.42 Å². The van der Waals surface area contributed by atoms with Gasteiger partial charge in [0.25, 0.3) is 0 Å². The molecule has 0 spiro atoms. The van der Waals surface area contributed by atoms with E-state index < -0.39 is 0 Å². The van der Waals surface area contributed by atoms with E-state index in [9.17, 15) is 5.11 Å². The largest absolute Gasteiger partial charge is 0.506 e. The topological polar surface area (TPSA) is 45.4 Å². The first-order chi connectivity index (χ1) is 10.8. The zero-order valence-corrected chi connectivity index (χ0v) is 12.8. The monoisotopic (exact) mass is 295 g/mol. The average molecular weight is 295 g/mol. The van der Waals surface area contributed by atoms with Crippen LogP contribution < -0.4 is 5.32 Å². The molecule has 3 rings (SSSR count). The van der Waals surface area contributed by atoms with Crippen LogP contribution in [0.3, 0.4) is 0 Å². The van der Waals surface area contributed by atoms with Crippen molar-refractivity contribution in [2.45, 2.75) is 32.7 Å². The molecule has 0 saturated carbocycles. The molecule has 0 amide bonds.